The van der Waals surface area contributed by atoms with Gasteiger partial charge in [0.1, 0.15) is 0 Å². The van der Waals surface area contributed by atoms with E-state index in [9.17, 15) is 4.79 Å². The second-order valence-electron chi connectivity index (χ2n) is 2.62. The van der Waals surface area contributed by atoms with Gasteiger partial charge in [0, 0.05) is 12.6 Å². The molecule has 0 saturated carbocycles. The lowest BCUT2D eigenvalue weighted by molar-refractivity contribution is -0.125. The molecule has 2 aliphatic heterocycles. The predicted octanol–water partition coefficient (Wildman–Crippen LogP) is 0.713. The second-order valence-corrected chi connectivity index (χ2v) is 2.62. The Kier molecular flexibility index (Phi) is 1.13. The average molecular weight is 135 g/mol. The van der Waals surface area contributed by atoms with Crippen LogP contribution in [-0.2, 0) is 4.79 Å². The quantitative estimate of drug-likeness (QED) is 0.448. The number of hydrogen-bond donors (Lipinski definition) is 0. The second kappa shape index (κ2) is 1.97. The van der Waals surface area contributed by atoms with Crippen LogP contribution in [0.2, 0.25) is 0 Å². The highest BCUT2D eigenvalue weighted by Crippen LogP contribution is 2.17. The van der Waals surface area contributed by atoms with E-state index in [-0.39, 0.29) is 5.91 Å². The molecular weight excluding hydrogens is 126 g/mol. The van der Waals surface area contributed by atoms with Crippen LogP contribution in [0.15, 0.2) is 24.3 Å². The van der Waals surface area contributed by atoms with Gasteiger partial charge in [0.25, 0.3) is 0 Å². The van der Waals surface area contributed by atoms with Gasteiger partial charge in [-0.3, -0.25) is 4.79 Å². The minimum atomic E-state index is 0.161. The van der Waals surface area contributed by atoms with Crippen LogP contribution in [0.1, 0.15) is 6.42 Å². The zero-order valence-corrected chi connectivity index (χ0v) is 5.66. The van der Waals surface area contributed by atoms with Crippen LogP contribution in [-0.4, -0.2) is 23.4 Å². The van der Waals surface area contributed by atoms with Gasteiger partial charge < -0.3 is 4.90 Å². The zero-order valence-electron chi connectivity index (χ0n) is 5.66. The fourth-order valence-corrected chi connectivity index (χ4v) is 1.41. The average Bonchev–Trinajstić information content (AvgIpc) is 2.34. The van der Waals surface area contributed by atoms with Crippen molar-refractivity contribution in [3.8, 4) is 0 Å². The molecule has 0 bridgehead atoms. The number of carbonyl (C=O) groups is 1. The highest BCUT2D eigenvalue weighted by atomic mass is 16.2. The van der Waals surface area contributed by atoms with E-state index in [1.165, 1.54) is 0 Å². The predicted molar refractivity (Wildman–Crippen MR) is 38.4 cm³/mol. The number of nitrogens with zero attached hydrogens (tertiary/aromatic N) is 1. The van der Waals surface area contributed by atoms with Crippen molar-refractivity contribution in [2.75, 3.05) is 6.54 Å². The summed E-state index contributed by atoms with van der Waals surface area (Å²) >= 11 is 0. The van der Waals surface area contributed by atoms with Gasteiger partial charge in [-0.1, -0.05) is 18.2 Å². The summed E-state index contributed by atoms with van der Waals surface area (Å²) in [7, 11) is 0. The molecular formula is C8H9NO. The molecule has 0 fully saturated rings. The van der Waals surface area contributed by atoms with Gasteiger partial charge in [0.05, 0.1) is 6.04 Å². The van der Waals surface area contributed by atoms with Crippen molar-refractivity contribution in [2.45, 2.75) is 12.5 Å². The summed E-state index contributed by atoms with van der Waals surface area (Å²) in [6.07, 6.45) is 8.80. The molecule has 0 aliphatic carbocycles. The summed E-state index contributed by atoms with van der Waals surface area (Å²) < 4.78 is 0. The maximum absolute atomic E-state index is 11.0. The first-order valence-electron chi connectivity index (χ1n) is 3.52. The summed E-state index contributed by atoms with van der Waals surface area (Å²) in [6.45, 7) is 0.788. The van der Waals surface area contributed by atoms with E-state index in [2.05, 4.69) is 6.08 Å². The summed E-state index contributed by atoms with van der Waals surface area (Å²) in [6, 6.07) is 0.359. The van der Waals surface area contributed by atoms with Crippen molar-refractivity contribution in [1.29, 1.82) is 0 Å². The minimum absolute atomic E-state index is 0.161. The molecule has 2 nitrogen and oxygen atoms in total. The van der Waals surface area contributed by atoms with E-state index in [0.29, 0.717) is 6.04 Å². The topological polar surface area (TPSA) is 20.3 Å². The summed E-state index contributed by atoms with van der Waals surface area (Å²) in [5.74, 6) is 0.161. The molecule has 0 aromatic heterocycles. The van der Waals surface area contributed by atoms with Crippen molar-refractivity contribution >= 4 is 5.91 Å². The molecule has 0 N–H and O–H groups in total. The summed E-state index contributed by atoms with van der Waals surface area (Å²) in [4.78, 5) is 12.9. The van der Waals surface area contributed by atoms with Gasteiger partial charge in [-0.15, -0.1) is 0 Å². The number of carbonyl (C=O) groups excluding carboxylic acids is 1. The molecule has 2 heterocycles. The van der Waals surface area contributed by atoms with E-state index in [1.54, 1.807) is 6.08 Å². The van der Waals surface area contributed by atoms with E-state index < -0.39 is 0 Å². The third-order valence-corrected chi connectivity index (χ3v) is 1.99. The smallest absolute Gasteiger partial charge is 0.247 e. The summed E-state index contributed by atoms with van der Waals surface area (Å²) in [5.41, 5.74) is 0. The van der Waals surface area contributed by atoms with Crippen molar-refractivity contribution in [1.82, 2.24) is 4.90 Å². The Hall–Kier alpha value is -1.05. The first kappa shape index (κ1) is 5.71. The largest absolute Gasteiger partial charge is 0.329 e. The fourth-order valence-electron chi connectivity index (χ4n) is 1.41. The highest BCUT2D eigenvalue weighted by molar-refractivity contribution is 5.90. The third kappa shape index (κ3) is 0.685. The Morgan fingerprint density at radius 2 is 2.40 bits per heavy atom. The minimum Gasteiger partial charge on any atom is -0.329 e. The normalized spacial score (nSPS) is 29.4. The van der Waals surface area contributed by atoms with Gasteiger partial charge in [-0.25, -0.2) is 0 Å². The highest BCUT2D eigenvalue weighted by Gasteiger charge is 2.25. The van der Waals surface area contributed by atoms with E-state index in [1.807, 2.05) is 17.1 Å². The molecule has 2 aliphatic rings. The molecule has 0 saturated heterocycles. The lowest BCUT2D eigenvalue weighted by Gasteiger charge is -2.25. The van der Waals surface area contributed by atoms with E-state index in [0.717, 1.165) is 13.0 Å². The lowest BCUT2D eigenvalue weighted by atomic mass is 10.1. The molecule has 52 valence electrons. The first-order chi connectivity index (χ1) is 4.88. The maximum Gasteiger partial charge on any atom is 0.247 e. The van der Waals surface area contributed by atoms with Crippen LogP contribution in [0, 0.1) is 0 Å². The van der Waals surface area contributed by atoms with Crippen molar-refractivity contribution in [2.24, 2.45) is 0 Å². The van der Waals surface area contributed by atoms with Crippen LogP contribution in [0.25, 0.3) is 0 Å². The maximum atomic E-state index is 11.0. The molecule has 1 atom stereocenters. The van der Waals surface area contributed by atoms with Gasteiger partial charge in [-0.05, 0) is 6.42 Å². The Labute approximate surface area is 59.8 Å². The SMILES string of the molecule is O=C1C=C[C@@H]2CC=CCN12. The molecule has 2 rings (SSSR count). The Morgan fingerprint density at radius 1 is 1.50 bits per heavy atom. The Bertz CT molecular complexity index is 217. The molecule has 0 aromatic carbocycles. The number of rotatable bonds is 0. The van der Waals surface area contributed by atoms with Gasteiger partial charge >= 0.3 is 0 Å². The van der Waals surface area contributed by atoms with E-state index >= 15 is 0 Å². The monoisotopic (exact) mass is 135 g/mol. The molecule has 0 unspecified atom stereocenters. The van der Waals surface area contributed by atoms with Crippen LogP contribution >= 0.6 is 0 Å². The molecule has 2 heteroatoms. The third-order valence-electron chi connectivity index (χ3n) is 1.99. The van der Waals surface area contributed by atoms with Crippen LogP contribution in [0.4, 0.5) is 0 Å². The Morgan fingerprint density at radius 3 is 3.20 bits per heavy atom. The summed E-state index contributed by atoms with van der Waals surface area (Å²) in [5, 5.41) is 0. The molecule has 0 aromatic rings. The zero-order chi connectivity index (χ0) is 6.97. The molecule has 0 spiro atoms. The molecule has 1 amide bonds. The first-order valence-corrected chi connectivity index (χ1v) is 3.52. The van der Waals surface area contributed by atoms with Gasteiger partial charge in [0.2, 0.25) is 5.91 Å². The van der Waals surface area contributed by atoms with Crippen LogP contribution < -0.4 is 0 Å². The lowest BCUT2D eigenvalue weighted by Crippen LogP contribution is -2.35. The number of fused-ring (bicyclic) bond motifs is 1. The number of amides is 1. The molecule has 10 heavy (non-hydrogen) atoms. The fraction of sp³-hybridized carbons (Fsp3) is 0.375. The van der Waals surface area contributed by atoms with Crippen molar-refractivity contribution in [3.63, 3.8) is 0 Å². The Balaban J connectivity index is 2.23. The van der Waals surface area contributed by atoms with Gasteiger partial charge in [0.15, 0.2) is 0 Å². The number of hydrogen-bond acceptors (Lipinski definition) is 1. The van der Waals surface area contributed by atoms with Crippen molar-refractivity contribution < 1.29 is 4.79 Å². The van der Waals surface area contributed by atoms with Crippen LogP contribution in [0.5, 0.6) is 0 Å². The molecule has 0 radical (unpaired) electrons. The van der Waals surface area contributed by atoms with E-state index in [4.69, 9.17) is 0 Å². The van der Waals surface area contributed by atoms with Crippen LogP contribution in [0.3, 0.4) is 0 Å². The standard InChI is InChI=1S/C8H9NO/c10-8-5-4-7-3-1-2-6-9(7)8/h1-2,4-5,7H,3,6H2/t7-/m0/s1. The van der Waals surface area contributed by atoms with Crippen molar-refractivity contribution in [3.05, 3.63) is 24.3 Å². The van der Waals surface area contributed by atoms with Gasteiger partial charge in [-0.2, -0.15) is 0 Å².